The Morgan fingerprint density at radius 2 is 2.25 bits per heavy atom. The summed E-state index contributed by atoms with van der Waals surface area (Å²) in [6.45, 7) is 3.26. The van der Waals surface area contributed by atoms with Crippen molar-refractivity contribution in [2.24, 2.45) is 0 Å². The Hall–Kier alpha value is -1.88. The van der Waals surface area contributed by atoms with Crippen LogP contribution < -0.4 is 5.32 Å². The van der Waals surface area contributed by atoms with Gasteiger partial charge >= 0.3 is 11.9 Å². The Labute approximate surface area is 93.1 Å². The Kier molecular flexibility index (Phi) is 3.63. The van der Waals surface area contributed by atoms with Gasteiger partial charge in [0, 0.05) is 6.08 Å². The van der Waals surface area contributed by atoms with E-state index in [4.69, 9.17) is 4.74 Å². The zero-order valence-electron chi connectivity index (χ0n) is 8.84. The molecular weight excluding hydrogens is 210 g/mol. The number of nitrogens with one attached hydrogen (secondary N) is 1. The van der Waals surface area contributed by atoms with Gasteiger partial charge in [-0.15, -0.1) is 0 Å². The SMILES string of the molecule is C=CC(=O)OC1C=CC=CC1(NC)C(=O)O. The molecule has 0 bridgehead atoms. The minimum absolute atomic E-state index is 0.661. The van der Waals surface area contributed by atoms with E-state index in [9.17, 15) is 14.7 Å². The summed E-state index contributed by atoms with van der Waals surface area (Å²) in [6.07, 6.45) is 6.25. The fourth-order valence-electron chi connectivity index (χ4n) is 1.45. The normalized spacial score (nSPS) is 27.4. The van der Waals surface area contributed by atoms with Crippen molar-refractivity contribution in [1.82, 2.24) is 5.32 Å². The number of rotatable bonds is 4. The van der Waals surface area contributed by atoms with Crippen LogP contribution in [0.25, 0.3) is 0 Å². The van der Waals surface area contributed by atoms with E-state index in [1.807, 2.05) is 0 Å². The van der Waals surface area contributed by atoms with E-state index in [1.165, 1.54) is 19.2 Å². The van der Waals surface area contributed by atoms with Crippen LogP contribution >= 0.6 is 0 Å². The first-order valence-corrected chi connectivity index (χ1v) is 4.68. The fourth-order valence-corrected chi connectivity index (χ4v) is 1.45. The first-order valence-electron chi connectivity index (χ1n) is 4.68. The summed E-state index contributed by atoms with van der Waals surface area (Å²) in [7, 11) is 1.49. The minimum Gasteiger partial charge on any atom is -0.480 e. The molecule has 0 amide bonds. The van der Waals surface area contributed by atoms with Gasteiger partial charge in [-0.05, 0) is 19.2 Å². The summed E-state index contributed by atoms with van der Waals surface area (Å²) in [5.41, 5.74) is -1.42. The van der Waals surface area contributed by atoms with Gasteiger partial charge in [0.05, 0.1) is 0 Å². The highest BCUT2D eigenvalue weighted by Gasteiger charge is 2.44. The molecule has 86 valence electrons. The van der Waals surface area contributed by atoms with Gasteiger partial charge < -0.3 is 9.84 Å². The molecule has 0 saturated carbocycles. The predicted octanol–water partition coefficient (Wildman–Crippen LogP) is 0.253. The Balaban J connectivity index is 3.00. The summed E-state index contributed by atoms with van der Waals surface area (Å²) in [4.78, 5) is 22.3. The molecule has 2 atom stereocenters. The van der Waals surface area contributed by atoms with Gasteiger partial charge in [-0.25, -0.2) is 9.59 Å². The van der Waals surface area contributed by atoms with Crippen molar-refractivity contribution in [2.75, 3.05) is 7.05 Å². The summed E-state index contributed by atoms with van der Waals surface area (Å²) in [6, 6.07) is 0. The molecule has 1 rings (SSSR count). The van der Waals surface area contributed by atoms with Gasteiger partial charge in [0.2, 0.25) is 0 Å². The number of likely N-dealkylation sites (N-methyl/N-ethyl adjacent to an activating group) is 1. The van der Waals surface area contributed by atoms with Crippen LogP contribution in [0.1, 0.15) is 0 Å². The van der Waals surface area contributed by atoms with Crippen LogP contribution in [0.15, 0.2) is 37.0 Å². The van der Waals surface area contributed by atoms with Gasteiger partial charge in [-0.3, -0.25) is 5.32 Å². The summed E-state index contributed by atoms with van der Waals surface area (Å²) in [5, 5.41) is 11.8. The molecule has 0 radical (unpaired) electrons. The highest BCUT2D eigenvalue weighted by Crippen LogP contribution is 2.21. The topological polar surface area (TPSA) is 75.6 Å². The van der Waals surface area contributed by atoms with Gasteiger partial charge in [0.1, 0.15) is 0 Å². The lowest BCUT2D eigenvalue weighted by atomic mass is 9.88. The lowest BCUT2D eigenvalue weighted by molar-refractivity contribution is -0.153. The van der Waals surface area contributed by atoms with Gasteiger partial charge in [0.25, 0.3) is 0 Å². The van der Waals surface area contributed by atoms with Crippen molar-refractivity contribution < 1.29 is 19.4 Å². The number of ether oxygens (including phenoxy) is 1. The molecule has 0 aromatic heterocycles. The zero-order chi connectivity index (χ0) is 12.2. The third-order valence-electron chi connectivity index (χ3n) is 2.38. The molecule has 0 saturated heterocycles. The van der Waals surface area contributed by atoms with Crippen LogP contribution in [0, 0.1) is 0 Å². The largest absolute Gasteiger partial charge is 0.480 e. The zero-order valence-corrected chi connectivity index (χ0v) is 8.84. The van der Waals surface area contributed by atoms with E-state index in [2.05, 4.69) is 11.9 Å². The summed E-state index contributed by atoms with van der Waals surface area (Å²) in [5.74, 6) is -1.77. The monoisotopic (exact) mass is 223 g/mol. The van der Waals surface area contributed by atoms with Crippen molar-refractivity contribution in [2.45, 2.75) is 11.6 Å². The predicted molar refractivity (Wildman–Crippen MR) is 57.8 cm³/mol. The number of hydrogen-bond donors (Lipinski definition) is 2. The highest BCUT2D eigenvalue weighted by atomic mass is 16.5. The van der Waals surface area contributed by atoms with Crippen molar-refractivity contribution in [1.29, 1.82) is 0 Å². The number of aliphatic carboxylic acids is 1. The second kappa shape index (κ2) is 4.76. The number of esters is 1. The third-order valence-corrected chi connectivity index (χ3v) is 2.38. The number of carbonyl (C=O) groups excluding carboxylic acids is 1. The van der Waals surface area contributed by atoms with Crippen LogP contribution in [0.3, 0.4) is 0 Å². The summed E-state index contributed by atoms with van der Waals surface area (Å²) >= 11 is 0. The lowest BCUT2D eigenvalue weighted by Gasteiger charge is -2.33. The van der Waals surface area contributed by atoms with E-state index in [0.29, 0.717) is 0 Å². The average molecular weight is 223 g/mol. The lowest BCUT2D eigenvalue weighted by Crippen LogP contribution is -2.58. The second-order valence-corrected chi connectivity index (χ2v) is 3.23. The molecule has 0 fully saturated rings. The molecule has 2 unspecified atom stereocenters. The molecule has 1 aliphatic carbocycles. The van der Waals surface area contributed by atoms with E-state index in [1.54, 1.807) is 12.2 Å². The molecule has 2 N–H and O–H groups in total. The Morgan fingerprint density at radius 3 is 2.75 bits per heavy atom. The van der Waals surface area contributed by atoms with Crippen LogP contribution in [0.5, 0.6) is 0 Å². The van der Waals surface area contributed by atoms with E-state index in [-0.39, 0.29) is 0 Å². The molecule has 0 heterocycles. The highest BCUT2D eigenvalue weighted by molar-refractivity contribution is 5.86. The van der Waals surface area contributed by atoms with Gasteiger partial charge in [-0.2, -0.15) is 0 Å². The van der Waals surface area contributed by atoms with Crippen molar-refractivity contribution in [3.8, 4) is 0 Å². The van der Waals surface area contributed by atoms with Crippen LogP contribution in [-0.2, 0) is 14.3 Å². The second-order valence-electron chi connectivity index (χ2n) is 3.23. The quantitative estimate of drug-likeness (QED) is 0.528. The smallest absolute Gasteiger partial charge is 0.332 e. The van der Waals surface area contributed by atoms with Crippen LogP contribution in [0.4, 0.5) is 0 Å². The van der Waals surface area contributed by atoms with Gasteiger partial charge in [-0.1, -0.05) is 18.7 Å². The Morgan fingerprint density at radius 1 is 1.56 bits per heavy atom. The molecule has 5 heteroatoms. The van der Waals surface area contributed by atoms with E-state index < -0.39 is 23.6 Å². The first-order chi connectivity index (χ1) is 7.56. The molecule has 1 aliphatic rings. The fraction of sp³-hybridized carbons (Fsp3) is 0.273. The van der Waals surface area contributed by atoms with Crippen LogP contribution in [-0.4, -0.2) is 35.7 Å². The van der Waals surface area contributed by atoms with E-state index >= 15 is 0 Å². The number of hydrogen-bond acceptors (Lipinski definition) is 4. The molecule has 16 heavy (non-hydrogen) atoms. The minimum atomic E-state index is -1.42. The number of allylic oxidation sites excluding steroid dienone is 2. The molecule has 5 nitrogen and oxygen atoms in total. The summed E-state index contributed by atoms with van der Waals surface area (Å²) < 4.78 is 4.97. The third kappa shape index (κ3) is 2.04. The van der Waals surface area contributed by atoms with Crippen molar-refractivity contribution in [3.05, 3.63) is 37.0 Å². The van der Waals surface area contributed by atoms with Crippen molar-refractivity contribution in [3.63, 3.8) is 0 Å². The molecule has 0 aromatic rings. The Bertz CT molecular complexity index is 372. The van der Waals surface area contributed by atoms with Gasteiger partial charge in [0.15, 0.2) is 11.6 Å². The maximum atomic E-state index is 11.2. The standard InChI is InChI=1S/C11H13NO4/c1-3-9(13)16-8-6-4-5-7-11(8,12-2)10(14)15/h3-8,12H,1H2,2H3,(H,14,15). The molecule has 0 aliphatic heterocycles. The van der Waals surface area contributed by atoms with Crippen molar-refractivity contribution >= 4 is 11.9 Å². The average Bonchev–Trinajstić information content (AvgIpc) is 2.29. The molecular formula is C11H13NO4. The van der Waals surface area contributed by atoms with Crippen LogP contribution in [0.2, 0.25) is 0 Å². The first kappa shape index (κ1) is 12.2. The maximum Gasteiger partial charge on any atom is 0.332 e. The molecule has 0 aromatic carbocycles. The number of carboxylic acids is 1. The maximum absolute atomic E-state index is 11.2. The number of carboxylic acid groups (broad SMARTS) is 1. The number of carbonyl (C=O) groups is 2. The molecule has 0 spiro atoms. The van der Waals surface area contributed by atoms with E-state index in [0.717, 1.165) is 6.08 Å².